The summed E-state index contributed by atoms with van der Waals surface area (Å²) < 4.78 is 0. The molecule has 1 aliphatic carbocycles. The zero-order valence-corrected chi connectivity index (χ0v) is 17.5. The second kappa shape index (κ2) is 7.65. The number of ketones is 1. The molecule has 2 heterocycles. The van der Waals surface area contributed by atoms with Gasteiger partial charge in [-0.2, -0.15) is 0 Å². The molecule has 1 aliphatic heterocycles. The standard InChI is InChI=1S/C24H31N3O/c1-15(2)18-5-7-19(8-6-18)20-10-22-21(23(28)11-20)12-25-24(26-22)27-13-16(3)9-17(4)14-27/h5-8,12,15-17,20H,9-11,13-14H2,1-4H3/t16-,17+,20-/m0/s1. The van der Waals surface area contributed by atoms with Gasteiger partial charge in [-0.1, -0.05) is 52.0 Å². The van der Waals surface area contributed by atoms with E-state index in [-0.39, 0.29) is 11.7 Å². The molecule has 2 aromatic rings. The summed E-state index contributed by atoms with van der Waals surface area (Å²) in [5.41, 5.74) is 4.22. The number of aromatic nitrogens is 2. The van der Waals surface area contributed by atoms with E-state index in [1.807, 2.05) is 0 Å². The van der Waals surface area contributed by atoms with Crippen LogP contribution in [0.4, 0.5) is 5.95 Å². The van der Waals surface area contributed by atoms with Crippen molar-refractivity contribution in [3.8, 4) is 0 Å². The molecule has 4 heteroatoms. The number of carbonyl (C=O) groups is 1. The second-order valence-electron chi connectivity index (χ2n) is 9.23. The maximum atomic E-state index is 12.7. The summed E-state index contributed by atoms with van der Waals surface area (Å²) in [5, 5.41) is 0. The van der Waals surface area contributed by atoms with Crippen LogP contribution in [0.15, 0.2) is 30.5 Å². The van der Waals surface area contributed by atoms with Crippen molar-refractivity contribution < 1.29 is 4.79 Å². The Morgan fingerprint density at radius 2 is 1.71 bits per heavy atom. The Bertz CT molecular complexity index is 849. The Labute approximate surface area is 168 Å². The summed E-state index contributed by atoms with van der Waals surface area (Å²) in [5.74, 6) is 3.00. The van der Waals surface area contributed by atoms with Crippen LogP contribution in [0.2, 0.25) is 0 Å². The molecule has 3 atom stereocenters. The summed E-state index contributed by atoms with van der Waals surface area (Å²) in [7, 11) is 0. The molecule has 0 amide bonds. The highest BCUT2D eigenvalue weighted by Gasteiger charge is 2.30. The van der Waals surface area contributed by atoms with Crippen LogP contribution in [0.1, 0.15) is 79.6 Å². The van der Waals surface area contributed by atoms with Crippen molar-refractivity contribution in [1.29, 1.82) is 0 Å². The third-order valence-electron chi connectivity index (χ3n) is 6.25. The average molecular weight is 378 g/mol. The molecule has 1 aromatic carbocycles. The lowest BCUT2D eigenvalue weighted by Gasteiger charge is -2.35. The first-order chi connectivity index (χ1) is 13.4. The number of rotatable bonds is 3. The van der Waals surface area contributed by atoms with Crippen LogP contribution in [0.25, 0.3) is 0 Å². The minimum absolute atomic E-state index is 0.172. The van der Waals surface area contributed by atoms with Crippen LogP contribution in [0, 0.1) is 11.8 Å². The number of benzene rings is 1. The lowest BCUT2D eigenvalue weighted by Crippen LogP contribution is -2.40. The predicted octanol–water partition coefficient (Wildman–Crippen LogP) is 5.00. The van der Waals surface area contributed by atoms with Crippen molar-refractivity contribution in [2.45, 2.75) is 58.8 Å². The fraction of sp³-hybridized carbons (Fsp3) is 0.542. The topological polar surface area (TPSA) is 46.1 Å². The molecule has 1 fully saturated rings. The summed E-state index contributed by atoms with van der Waals surface area (Å²) in [6.07, 6.45) is 4.39. The number of carbonyl (C=O) groups excluding carboxylic acids is 1. The molecule has 1 aromatic heterocycles. The monoisotopic (exact) mass is 377 g/mol. The van der Waals surface area contributed by atoms with E-state index in [1.54, 1.807) is 6.20 Å². The molecule has 2 aliphatic rings. The minimum atomic E-state index is 0.172. The van der Waals surface area contributed by atoms with Crippen LogP contribution in [0.5, 0.6) is 0 Å². The molecule has 148 valence electrons. The van der Waals surface area contributed by atoms with Crippen LogP contribution in [-0.2, 0) is 6.42 Å². The average Bonchev–Trinajstić information content (AvgIpc) is 2.67. The van der Waals surface area contributed by atoms with Gasteiger partial charge in [0.2, 0.25) is 5.95 Å². The maximum Gasteiger partial charge on any atom is 0.225 e. The molecule has 0 bridgehead atoms. The van der Waals surface area contributed by atoms with Crippen molar-refractivity contribution in [2.24, 2.45) is 11.8 Å². The van der Waals surface area contributed by atoms with E-state index in [9.17, 15) is 4.79 Å². The predicted molar refractivity (Wildman–Crippen MR) is 113 cm³/mol. The van der Waals surface area contributed by atoms with E-state index < -0.39 is 0 Å². The van der Waals surface area contributed by atoms with Gasteiger partial charge in [-0.3, -0.25) is 4.79 Å². The van der Waals surface area contributed by atoms with E-state index in [0.717, 1.165) is 36.7 Å². The van der Waals surface area contributed by atoms with E-state index in [2.05, 4.69) is 61.8 Å². The van der Waals surface area contributed by atoms with Crippen molar-refractivity contribution in [2.75, 3.05) is 18.0 Å². The van der Waals surface area contributed by atoms with Crippen LogP contribution >= 0.6 is 0 Å². The lowest BCUT2D eigenvalue weighted by atomic mass is 9.81. The number of hydrogen-bond donors (Lipinski definition) is 0. The van der Waals surface area contributed by atoms with Gasteiger partial charge in [0.05, 0.1) is 11.3 Å². The number of nitrogens with zero attached hydrogens (tertiary/aromatic N) is 3. The van der Waals surface area contributed by atoms with Crippen LogP contribution in [-0.4, -0.2) is 28.8 Å². The molecule has 4 nitrogen and oxygen atoms in total. The number of piperidine rings is 1. The van der Waals surface area contributed by atoms with Crippen molar-refractivity contribution >= 4 is 11.7 Å². The van der Waals surface area contributed by atoms with Crippen LogP contribution < -0.4 is 4.90 Å². The van der Waals surface area contributed by atoms with E-state index in [0.29, 0.717) is 24.2 Å². The quantitative estimate of drug-likeness (QED) is 0.755. The first-order valence-electron chi connectivity index (χ1n) is 10.6. The molecular formula is C24H31N3O. The van der Waals surface area contributed by atoms with Crippen molar-refractivity contribution in [1.82, 2.24) is 9.97 Å². The van der Waals surface area contributed by atoms with E-state index >= 15 is 0 Å². The first kappa shape index (κ1) is 19.1. The molecule has 1 saturated heterocycles. The maximum absolute atomic E-state index is 12.7. The highest BCUT2D eigenvalue weighted by atomic mass is 16.1. The number of anilines is 1. The fourth-order valence-electron chi connectivity index (χ4n) is 4.80. The van der Waals surface area contributed by atoms with Gasteiger partial charge in [0.25, 0.3) is 0 Å². The third kappa shape index (κ3) is 3.82. The van der Waals surface area contributed by atoms with Gasteiger partial charge in [0.15, 0.2) is 5.78 Å². The largest absolute Gasteiger partial charge is 0.340 e. The summed E-state index contributed by atoms with van der Waals surface area (Å²) >= 11 is 0. The highest BCUT2D eigenvalue weighted by molar-refractivity contribution is 5.98. The Morgan fingerprint density at radius 1 is 1.04 bits per heavy atom. The van der Waals surface area contributed by atoms with Gasteiger partial charge in [0, 0.05) is 25.7 Å². The number of Topliss-reactive ketones (excluding diaryl/α,β-unsaturated/α-hetero) is 1. The van der Waals surface area contributed by atoms with Gasteiger partial charge in [-0.05, 0) is 47.6 Å². The molecular weight excluding hydrogens is 346 g/mol. The summed E-state index contributed by atoms with van der Waals surface area (Å²) in [4.78, 5) is 24.5. The Hall–Kier alpha value is -2.23. The zero-order valence-electron chi connectivity index (χ0n) is 17.5. The molecule has 0 saturated carbocycles. The summed E-state index contributed by atoms with van der Waals surface area (Å²) in [6.45, 7) is 11.0. The van der Waals surface area contributed by atoms with Crippen molar-refractivity contribution in [3.63, 3.8) is 0 Å². The molecule has 4 rings (SSSR count). The smallest absolute Gasteiger partial charge is 0.225 e. The lowest BCUT2D eigenvalue weighted by molar-refractivity contribution is 0.0962. The number of fused-ring (bicyclic) bond motifs is 1. The fourth-order valence-corrected chi connectivity index (χ4v) is 4.80. The second-order valence-corrected chi connectivity index (χ2v) is 9.23. The molecule has 0 unspecified atom stereocenters. The number of hydrogen-bond acceptors (Lipinski definition) is 4. The van der Waals surface area contributed by atoms with Gasteiger partial charge < -0.3 is 4.90 Å². The molecule has 0 spiro atoms. The minimum Gasteiger partial charge on any atom is -0.340 e. The van der Waals surface area contributed by atoms with Crippen LogP contribution in [0.3, 0.4) is 0 Å². The normalized spacial score (nSPS) is 25.1. The Morgan fingerprint density at radius 3 is 2.36 bits per heavy atom. The summed E-state index contributed by atoms with van der Waals surface area (Å²) in [6, 6.07) is 8.77. The van der Waals surface area contributed by atoms with Gasteiger partial charge >= 0.3 is 0 Å². The molecule has 0 radical (unpaired) electrons. The first-order valence-corrected chi connectivity index (χ1v) is 10.6. The van der Waals surface area contributed by atoms with E-state index in [1.165, 1.54) is 17.5 Å². The zero-order chi connectivity index (χ0) is 19.8. The SMILES string of the molecule is CC(C)c1ccc([C@@H]2CC(=O)c3cnc(N4C[C@H](C)C[C@H](C)C4)nc3C2)cc1. The highest BCUT2D eigenvalue weighted by Crippen LogP contribution is 2.33. The van der Waals surface area contributed by atoms with E-state index in [4.69, 9.17) is 4.98 Å². The van der Waals surface area contributed by atoms with Gasteiger partial charge in [-0.15, -0.1) is 0 Å². The Balaban J connectivity index is 1.58. The third-order valence-corrected chi connectivity index (χ3v) is 6.25. The van der Waals surface area contributed by atoms with Gasteiger partial charge in [-0.25, -0.2) is 9.97 Å². The van der Waals surface area contributed by atoms with Crippen molar-refractivity contribution in [3.05, 3.63) is 52.8 Å². The molecule has 0 N–H and O–H groups in total. The van der Waals surface area contributed by atoms with Gasteiger partial charge in [0.1, 0.15) is 0 Å². The molecule has 28 heavy (non-hydrogen) atoms. The Kier molecular flexibility index (Phi) is 5.22.